The number of hydrogen-bond acceptors (Lipinski definition) is 6. The molecule has 0 saturated heterocycles. The lowest BCUT2D eigenvalue weighted by molar-refractivity contribution is -0.139. The summed E-state index contributed by atoms with van der Waals surface area (Å²) in [5.41, 5.74) is 0.196. The van der Waals surface area contributed by atoms with Gasteiger partial charge in [0.25, 0.3) is 0 Å². The molecule has 3 rings (SSSR count). The van der Waals surface area contributed by atoms with E-state index in [2.05, 4.69) is 16.0 Å². The Morgan fingerprint density at radius 3 is 1.98 bits per heavy atom. The van der Waals surface area contributed by atoms with Crippen molar-refractivity contribution in [3.8, 4) is 0 Å². The Bertz CT molecular complexity index is 846. The molecular weight excluding hydrogens is 510 g/mol. The van der Waals surface area contributed by atoms with Crippen molar-refractivity contribution in [2.45, 2.75) is 135 Å². The van der Waals surface area contributed by atoms with Crippen LogP contribution in [0.4, 0.5) is 9.59 Å². The fourth-order valence-electron chi connectivity index (χ4n) is 5.02. The molecule has 9 heteroatoms. The molecule has 2 fully saturated rings. The molecule has 0 spiro atoms. The van der Waals surface area contributed by atoms with E-state index in [9.17, 15) is 19.5 Å². The van der Waals surface area contributed by atoms with Gasteiger partial charge in [0.1, 0.15) is 18.2 Å². The predicted molar refractivity (Wildman–Crippen MR) is 156 cm³/mol. The van der Waals surface area contributed by atoms with Gasteiger partial charge in [0.05, 0.1) is 0 Å². The van der Waals surface area contributed by atoms with E-state index in [0.717, 1.165) is 17.6 Å². The maximum atomic E-state index is 11.7. The van der Waals surface area contributed by atoms with Gasteiger partial charge in [0, 0.05) is 18.6 Å². The largest absolute Gasteiger partial charge is 0.480 e. The first-order chi connectivity index (χ1) is 19.1. The van der Waals surface area contributed by atoms with Crippen LogP contribution in [0.5, 0.6) is 0 Å². The Morgan fingerprint density at radius 2 is 1.45 bits per heavy atom. The summed E-state index contributed by atoms with van der Waals surface area (Å²) < 4.78 is 10.1. The molecule has 9 nitrogen and oxygen atoms in total. The lowest BCUT2D eigenvalue weighted by Crippen LogP contribution is -2.43. The summed E-state index contributed by atoms with van der Waals surface area (Å²) in [5, 5.41) is 18.0. The Hall–Kier alpha value is -2.81. The molecule has 0 unspecified atom stereocenters. The maximum absolute atomic E-state index is 11.7. The maximum Gasteiger partial charge on any atom is 0.408 e. The van der Waals surface area contributed by atoms with Crippen LogP contribution in [0.2, 0.25) is 0 Å². The number of ether oxygens (including phenoxy) is 2. The molecule has 1 atom stereocenters. The number of carboxylic acid groups (broad SMARTS) is 1. The monoisotopic (exact) mass is 561 g/mol. The molecule has 2 amide bonds. The van der Waals surface area contributed by atoms with Gasteiger partial charge < -0.3 is 30.5 Å². The molecule has 0 bridgehead atoms. The van der Waals surface area contributed by atoms with Crippen molar-refractivity contribution < 1.29 is 29.0 Å². The van der Waals surface area contributed by atoms with Crippen LogP contribution in [0, 0.1) is 0 Å². The zero-order valence-electron chi connectivity index (χ0n) is 24.7. The van der Waals surface area contributed by atoms with Gasteiger partial charge in [-0.1, -0.05) is 68.9 Å². The molecule has 226 valence electrons. The minimum Gasteiger partial charge on any atom is -0.480 e. The zero-order valence-corrected chi connectivity index (χ0v) is 24.7. The van der Waals surface area contributed by atoms with Crippen LogP contribution in [0.15, 0.2) is 30.3 Å². The van der Waals surface area contributed by atoms with Crippen LogP contribution in [0.25, 0.3) is 0 Å². The molecule has 1 aromatic rings. The summed E-state index contributed by atoms with van der Waals surface area (Å²) in [7, 11) is 0. The van der Waals surface area contributed by atoms with Gasteiger partial charge in [-0.05, 0) is 71.3 Å². The number of nitrogens with one attached hydrogen (secondary N) is 3. The number of rotatable bonds is 11. The van der Waals surface area contributed by atoms with Crippen LogP contribution >= 0.6 is 0 Å². The van der Waals surface area contributed by atoms with Crippen LogP contribution < -0.4 is 16.0 Å². The highest BCUT2D eigenvalue weighted by Crippen LogP contribution is 2.22. The van der Waals surface area contributed by atoms with E-state index >= 15 is 0 Å². The molecule has 0 radical (unpaired) electrons. The SMILES string of the molecule is C1CCC(NC2CCCCC2)CC1.CC(C)(C)OC(=O)N[C@@H](CCCCNC(=O)OCc1ccccc1)C(=O)O. The fourth-order valence-corrected chi connectivity index (χ4v) is 5.02. The molecule has 2 aliphatic carbocycles. The van der Waals surface area contributed by atoms with Crippen molar-refractivity contribution in [2.24, 2.45) is 0 Å². The van der Waals surface area contributed by atoms with E-state index < -0.39 is 29.8 Å². The number of carbonyl (C=O) groups excluding carboxylic acids is 2. The fraction of sp³-hybridized carbons (Fsp3) is 0.710. The van der Waals surface area contributed by atoms with Crippen LogP contribution in [0.3, 0.4) is 0 Å². The Labute approximate surface area is 240 Å². The third-order valence-electron chi connectivity index (χ3n) is 7.07. The van der Waals surface area contributed by atoms with E-state index in [-0.39, 0.29) is 13.0 Å². The number of alkyl carbamates (subject to hydrolysis) is 2. The van der Waals surface area contributed by atoms with E-state index in [1.165, 1.54) is 64.2 Å². The number of carbonyl (C=O) groups is 3. The molecular formula is C31H51N3O6. The standard InChI is InChI=1S/C19H28N2O6.C12H23N/c1-19(2,3)27-18(25)21-15(16(22)23)11-7-8-12-20-17(24)26-13-14-9-5-4-6-10-14;1-3-7-11(8-4-1)13-12-9-5-2-6-10-12/h4-6,9-10,15H,7-8,11-13H2,1-3H3,(H,20,24)(H,21,25)(H,22,23);11-13H,1-10H2/t15-;/m0./s1. The highest BCUT2D eigenvalue weighted by Gasteiger charge is 2.23. The topological polar surface area (TPSA) is 126 Å². The molecule has 0 aromatic heterocycles. The summed E-state index contributed by atoms with van der Waals surface area (Å²) in [6, 6.07) is 10.0. The van der Waals surface area contributed by atoms with E-state index in [4.69, 9.17) is 9.47 Å². The average molecular weight is 562 g/mol. The van der Waals surface area contributed by atoms with Crippen LogP contribution in [0.1, 0.15) is 110 Å². The average Bonchev–Trinajstić information content (AvgIpc) is 2.92. The minimum absolute atomic E-state index is 0.188. The predicted octanol–water partition coefficient (Wildman–Crippen LogP) is 6.30. The number of amides is 2. The Kier molecular flexibility index (Phi) is 15.5. The molecule has 1 aromatic carbocycles. The second kappa shape index (κ2) is 18.5. The molecule has 40 heavy (non-hydrogen) atoms. The third kappa shape index (κ3) is 15.7. The smallest absolute Gasteiger partial charge is 0.408 e. The van der Waals surface area contributed by atoms with E-state index in [0.29, 0.717) is 19.4 Å². The van der Waals surface area contributed by atoms with Crippen molar-refractivity contribution in [1.82, 2.24) is 16.0 Å². The Balaban J connectivity index is 0.000000355. The summed E-state index contributed by atoms with van der Waals surface area (Å²) in [6.07, 6.45) is 14.6. The van der Waals surface area contributed by atoms with Gasteiger partial charge in [-0.25, -0.2) is 14.4 Å². The van der Waals surface area contributed by atoms with Gasteiger partial charge in [0.15, 0.2) is 0 Å². The lowest BCUT2D eigenvalue weighted by atomic mass is 9.91. The van der Waals surface area contributed by atoms with E-state index in [1.807, 2.05) is 30.3 Å². The van der Waals surface area contributed by atoms with Gasteiger partial charge in [-0.3, -0.25) is 0 Å². The molecule has 0 heterocycles. The van der Waals surface area contributed by atoms with Crippen molar-refractivity contribution in [3.05, 3.63) is 35.9 Å². The Morgan fingerprint density at radius 1 is 0.875 bits per heavy atom. The minimum atomic E-state index is -1.13. The first-order valence-electron chi connectivity index (χ1n) is 15.1. The lowest BCUT2D eigenvalue weighted by Gasteiger charge is -2.30. The number of carboxylic acids is 1. The van der Waals surface area contributed by atoms with Crippen molar-refractivity contribution in [3.63, 3.8) is 0 Å². The summed E-state index contributed by atoms with van der Waals surface area (Å²) >= 11 is 0. The van der Waals surface area contributed by atoms with Crippen molar-refractivity contribution in [1.29, 1.82) is 0 Å². The molecule has 2 aliphatic rings. The second-order valence-corrected chi connectivity index (χ2v) is 11.9. The highest BCUT2D eigenvalue weighted by molar-refractivity contribution is 5.79. The first kappa shape index (κ1) is 33.4. The van der Waals surface area contributed by atoms with E-state index in [1.54, 1.807) is 20.8 Å². The number of hydrogen-bond donors (Lipinski definition) is 4. The van der Waals surface area contributed by atoms with Gasteiger partial charge in [-0.15, -0.1) is 0 Å². The van der Waals surface area contributed by atoms with Crippen molar-refractivity contribution >= 4 is 18.2 Å². The van der Waals surface area contributed by atoms with Crippen molar-refractivity contribution in [2.75, 3.05) is 6.54 Å². The summed E-state index contributed by atoms with van der Waals surface area (Å²) in [4.78, 5) is 34.5. The molecule has 0 aliphatic heterocycles. The molecule has 4 N–H and O–H groups in total. The van der Waals surface area contributed by atoms with Gasteiger partial charge in [-0.2, -0.15) is 0 Å². The number of unbranched alkanes of at least 4 members (excludes halogenated alkanes) is 1. The van der Waals surface area contributed by atoms with Gasteiger partial charge >= 0.3 is 18.2 Å². The van der Waals surface area contributed by atoms with Crippen LogP contribution in [-0.4, -0.2) is 53.5 Å². The highest BCUT2D eigenvalue weighted by atomic mass is 16.6. The zero-order chi connectivity index (χ0) is 29.2. The summed E-state index contributed by atoms with van der Waals surface area (Å²) in [5.74, 6) is -1.13. The number of aliphatic carboxylic acids is 1. The second-order valence-electron chi connectivity index (χ2n) is 11.9. The summed E-state index contributed by atoms with van der Waals surface area (Å²) in [6.45, 7) is 5.64. The first-order valence-corrected chi connectivity index (χ1v) is 15.1. The number of benzene rings is 1. The quantitative estimate of drug-likeness (QED) is 0.234. The van der Waals surface area contributed by atoms with Gasteiger partial charge in [0.2, 0.25) is 0 Å². The molecule has 2 saturated carbocycles. The normalized spacial score (nSPS) is 17.1. The van der Waals surface area contributed by atoms with Crippen LogP contribution in [-0.2, 0) is 20.9 Å². The third-order valence-corrected chi connectivity index (χ3v) is 7.07.